The topological polar surface area (TPSA) is 30.5 Å². The maximum absolute atomic E-state index is 12.3. The predicted octanol–water partition coefficient (Wildman–Crippen LogP) is 3.57. The molecule has 0 heterocycles. The fourth-order valence-electron chi connectivity index (χ4n) is 1.49. The molecule has 1 N–H and O–H groups in total. The second-order valence-corrected chi connectivity index (χ2v) is 4.95. The van der Waals surface area contributed by atoms with Crippen molar-refractivity contribution in [1.29, 1.82) is 0 Å². The number of halogens is 2. The molecule has 1 rings (SSSR count). The van der Waals surface area contributed by atoms with Gasteiger partial charge in [0.25, 0.3) is 0 Å². The summed E-state index contributed by atoms with van der Waals surface area (Å²) in [5, 5.41) is 3.36. The summed E-state index contributed by atoms with van der Waals surface area (Å²) >= 11 is 0. The maximum atomic E-state index is 12.3. The summed E-state index contributed by atoms with van der Waals surface area (Å²) in [6.07, 6.45) is 0.976. The highest BCUT2D eigenvalue weighted by molar-refractivity contribution is 5.43. The molecule has 0 fully saturated rings. The highest BCUT2D eigenvalue weighted by atomic mass is 19.3. The molecule has 0 radical (unpaired) electrons. The van der Waals surface area contributed by atoms with E-state index in [2.05, 4.69) is 30.8 Å². The molecule has 0 saturated heterocycles. The molecule has 0 atom stereocenters. The summed E-state index contributed by atoms with van der Waals surface area (Å²) in [5.41, 5.74) is 0.877. The first-order valence-electron chi connectivity index (χ1n) is 6.24. The summed E-state index contributed by atoms with van der Waals surface area (Å²) in [4.78, 5) is 0. The number of benzene rings is 1. The van der Waals surface area contributed by atoms with Gasteiger partial charge in [0.1, 0.15) is 0 Å². The zero-order valence-electron chi connectivity index (χ0n) is 11.8. The molecular formula is C14H21F2NO2. The largest absolute Gasteiger partial charge is 0.493 e. The van der Waals surface area contributed by atoms with Crippen LogP contribution in [-0.2, 0) is 6.54 Å². The van der Waals surface area contributed by atoms with Crippen molar-refractivity contribution in [2.24, 2.45) is 0 Å². The molecule has 0 saturated carbocycles. The van der Waals surface area contributed by atoms with Crippen molar-refractivity contribution in [3.8, 4) is 11.5 Å². The fraction of sp³-hybridized carbons (Fsp3) is 0.571. The average Bonchev–Trinajstić information content (AvgIpc) is 2.36. The number of methoxy groups -OCH3 is 1. The highest BCUT2D eigenvalue weighted by Crippen LogP contribution is 2.29. The lowest BCUT2D eigenvalue weighted by molar-refractivity contribution is -0.0512. The maximum Gasteiger partial charge on any atom is 0.387 e. The average molecular weight is 273 g/mol. The van der Waals surface area contributed by atoms with Crippen molar-refractivity contribution in [2.75, 3.05) is 7.11 Å². The third-order valence-electron chi connectivity index (χ3n) is 3.10. The second kappa shape index (κ2) is 6.70. The minimum absolute atomic E-state index is 0.00363. The van der Waals surface area contributed by atoms with Crippen LogP contribution in [0, 0.1) is 0 Å². The lowest BCUT2D eigenvalue weighted by Gasteiger charge is -2.24. The van der Waals surface area contributed by atoms with Crippen molar-refractivity contribution in [1.82, 2.24) is 5.32 Å². The van der Waals surface area contributed by atoms with Crippen LogP contribution in [0.25, 0.3) is 0 Å². The lowest BCUT2D eigenvalue weighted by atomic mass is 10.0. The number of nitrogens with one attached hydrogen (secondary N) is 1. The smallest absolute Gasteiger partial charge is 0.387 e. The number of hydrogen-bond donors (Lipinski definition) is 1. The third kappa shape index (κ3) is 5.03. The van der Waals surface area contributed by atoms with Gasteiger partial charge >= 0.3 is 6.61 Å². The molecular weight excluding hydrogens is 252 g/mol. The molecule has 0 unspecified atom stereocenters. The van der Waals surface area contributed by atoms with E-state index < -0.39 is 6.61 Å². The summed E-state index contributed by atoms with van der Waals surface area (Å²) in [7, 11) is 1.42. The van der Waals surface area contributed by atoms with E-state index in [4.69, 9.17) is 4.74 Å². The molecule has 5 heteroatoms. The zero-order chi connectivity index (χ0) is 14.5. The van der Waals surface area contributed by atoms with E-state index in [0.717, 1.165) is 12.0 Å². The van der Waals surface area contributed by atoms with E-state index in [9.17, 15) is 8.78 Å². The van der Waals surface area contributed by atoms with Crippen molar-refractivity contribution in [3.05, 3.63) is 23.8 Å². The molecule has 0 bridgehead atoms. The first kappa shape index (κ1) is 15.7. The third-order valence-corrected chi connectivity index (χ3v) is 3.10. The van der Waals surface area contributed by atoms with Crippen LogP contribution in [0.5, 0.6) is 11.5 Å². The summed E-state index contributed by atoms with van der Waals surface area (Å²) < 4.78 is 34.0. The van der Waals surface area contributed by atoms with Crippen molar-refractivity contribution >= 4 is 0 Å². The predicted molar refractivity (Wildman–Crippen MR) is 70.8 cm³/mol. The quantitative estimate of drug-likeness (QED) is 0.823. The van der Waals surface area contributed by atoms with Crippen LogP contribution < -0.4 is 14.8 Å². The van der Waals surface area contributed by atoms with Gasteiger partial charge in [0, 0.05) is 12.1 Å². The van der Waals surface area contributed by atoms with Crippen molar-refractivity contribution < 1.29 is 18.3 Å². The molecule has 3 nitrogen and oxygen atoms in total. The monoisotopic (exact) mass is 273 g/mol. The van der Waals surface area contributed by atoms with Gasteiger partial charge in [-0.2, -0.15) is 8.78 Å². The lowest BCUT2D eigenvalue weighted by Crippen LogP contribution is -2.37. The minimum atomic E-state index is -2.86. The van der Waals surface area contributed by atoms with Gasteiger partial charge in [-0.05, 0) is 38.0 Å². The molecule has 0 aromatic heterocycles. The Morgan fingerprint density at radius 3 is 2.47 bits per heavy atom. The zero-order valence-corrected chi connectivity index (χ0v) is 11.8. The summed E-state index contributed by atoms with van der Waals surface area (Å²) in [6, 6.07) is 5.04. The molecule has 0 spiro atoms. The molecule has 0 aliphatic carbocycles. The number of alkyl halides is 2. The van der Waals surface area contributed by atoms with E-state index in [1.54, 1.807) is 12.1 Å². The molecule has 0 aliphatic rings. The van der Waals surface area contributed by atoms with Gasteiger partial charge in [-0.1, -0.05) is 13.0 Å². The molecule has 19 heavy (non-hydrogen) atoms. The Balaban J connectivity index is 2.80. The Bertz CT molecular complexity index is 408. The molecule has 0 aliphatic heterocycles. The van der Waals surface area contributed by atoms with Gasteiger partial charge in [-0.15, -0.1) is 0 Å². The minimum Gasteiger partial charge on any atom is -0.493 e. The molecule has 1 aromatic rings. The van der Waals surface area contributed by atoms with Crippen molar-refractivity contribution in [3.63, 3.8) is 0 Å². The SMILES string of the molecule is CCC(C)(C)NCc1ccc(OC)c(OC(F)F)c1. The van der Waals surface area contributed by atoms with E-state index in [1.807, 2.05) is 6.07 Å². The molecule has 1 aromatic carbocycles. The van der Waals surface area contributed by atoms with Crippen LogP contribution in [-0.4, -0.2) is 19.3 Å². The Labute approximate surface area is 112 Å². The van der Waals surface area contributed by atoms with Gasteiger partial charge in [0.05, 0.1) is 7.11 Å². The van der Waals surface area contributed by atoms with Gasteiger partial charge in [-0.25, -0.2) is 0 Å². The van der Waals surface area contributed by atoms with Gasteiger partial charge in [-0.3, -0.25) is 0 Å². The van der Waals surface area contributed by atoms with Crippen LogP contribution in [0.1, 0.15) is 32.8 Å². The van der Waals surface area contributed by atoms with Crippen molar-refractivity contribution in [2.45, 2.75) is 45.9 Å². The van der Waals surface area contributed by atoms with E-state index in [-0.39, 0.29) is 11.3 Å². The van der Waals surface area contributed by atoms with Gasteiger partial charge in [0.2, 0.25) is 0 Å². The van der Waals surface area contributed by atoms with Gasteiger partial charge in [0.15, 0.2) is 11.5 Å². The first-order valence-corrected chi connectivity index (χ1v) is 6.24. The van der Waals surface area contributed by atoms with Crippen LogP contribution >= 0.6 is 0 Å². The Hall–Kier alpha value is -1.36. The Kier molecular flexibility index (Phi) is 5.54. The normalized spacial score (nSPS) is 11.7. The van der Waals surface area contributed by atoms with E-state index in [1.165, 1.54) is 7.11 Å². The number of ether oxygens (including phenoxy) is 2. The van der Waals surface area contributed by atoms with Crippen LogP contribution in [0.2, 0.25) is 0 Å². The summed E-state index contributed by atoms with van der Waals surface area (Å²) in [6.45, 7) is 4.00. The molecule has 0 amide bonds. The van der Waals surface area contributed by atoms with E-state index >= 15 is 0 Å². The van der Waals surface area contributed by atoms with E-state index in [0.29, 0.717) is 12.3 Å². The summed E-state index contributed by atoms with van der Waals surface area (Å²) in [5.74, 6) is 0.366. The Morgan fingerprint density at radius 1 is 1.26 bits per heavy atom. The molecule has 108 valence electrons. The standard InChI is InChI=1S/C14H21F2NO2/c1-5-14(2,3)17-9-10-6-7-11(18-4)12(8-10)19-13(15)16/h6-8,13,17H,5,9H2,1-4H3. The second-order valence-electron chi connectivity index (χ2n) is 4.95. The van der Waals surface area contributed by atoms with Gasteiger partial charge < -0.3 is 14.8 Å². The van der Waals surface area contributed by atoms with Crippen LogP contribution in [0.15, 0.2) is 18.2 Å². The fourth-order valence-corrected chi connectivity index (χ4v) is 1.49. The van der Waals surface area contributed by atoms with Crippen LogP contribution in [0.3, 0.4) is 0 Å². The highest BCUT2D eigenvalue weighted by Gasteiger charge is 2.15. The number of rotatable bonds is 7. The van der Waals surface area contributed by atoms with Crippen LogP contribution in [0.4, 0.5) is 8.78 Å². The number of hydrogen-bond acceptors (Lipinski definition) is 3. The first-order chi connectivity index (χ1) is 8.88. The Morgan fingerprint density at radius 2 is 1.95 bits per heavy atom.